The number of amides is 1. The monoisotopic (exact) mass is 284 g/mol. The molecular weight excluding hydrogens is 268 g/mol. The number of carbonyl (C=O) groups excluding carboxylic acids is 1. The van der Waals surface area contributed by atoms with Gasteiger partial charge in [-0.3, -0.25) is 4.79 Å². The Balaban J connectivity index is 2.31. The second-order valence-corrected chi connectivity index (χ2v) is 4.75. The van der Waals surface area contributed by atoms with Gasteiger partial charge in [-0.05, 0) is 30.3 Å². The maximum atomic E-state index is 12.1. The van der Waals surface area contributed by atoms with Gasteiger partial charge < -0.3 is 15.3 Å². The highest BCUT2D eigenvalue weighted by Crippen LogP contribution is 2.23. The van der Waals surface area contributed by atoms with Gasteiger partial charge in [0.05, 0.1) is 11.3 Å². The van der Waals surface area contributed by atoms with Gasteiger partial charge in [-0.15, -0.1) is 0 Å². The highest BCUT2D eigenvalue weighted by atomic mass is 16.4. The van der Waals surface area contributed by atoms with E-state index in [2.05, 4.69) is 5.32 Å². The first-order chi connectivity index (χ1) is 9.99. The number of carboxylic acid groups (broad SMARTS) is 1. The van der Waals surface area contributed by atoms with Crippen LogP contribution in [0.2, 0.25) is 0 Å². The van der Waals surface area contributed by atoms with Gasteiger partial charge in [0.25, 0.3) is 5.91 Å². The number of anilines is 2. The maximum absolute atomic E-state index is 12.1. The molecule has 0 bridgehead atoms. The number of hydrogen-bond acceptors (Lipinski definition) is 3. The van der Waals surface area contributed by atoms with Crippen molar-refractivity contribution >= 4 is 23.3 Å². The van der Waals surface area contributed by atoms with Gasteiger partial charge in [-0.25, -0.2) is 4.79 Å². The molecule has 108 valence electrons. The Morgan fingerprint density at radius 1 is 1.05 bits per heavy atom. The molecule has 0 unspecified atom stereocenters. The Kier molecular flexibility index (Phi) is 4.23. The van der Waals surface area contributed by atoms with Crippen LogP contribution >= 0.6 is 0 Å². The molecule has 0 spiro atoms. The molecule has 21 heavy (non-hydrogen) atoms. The third-order valence-corrected chi connectivity index (χ3v) is 3.03. The summed E-state index contributed by atoms with van der Waals surface area (Å²) in [5.41, 5.74) is 1.57. The summed E-state index contributed by atoms with van der Waals surface area (Å²) in [5.74, 6) is -1.42. The number of benzene rings is 2. The molecule has 0 radical (unpaired) electrons. The molecule has 2 aromatic carbocycles. The Hall–Kier alpha value is -2.82. The number of nitrogens with one attached hydrogen (secondary N) is 1. The van der Waals surface area contributed by atoms with E-state index >= 15 is 0 Å². The molecule has 0 saturated heterocycles. The average molecular weight is 284 g/mol. The van der Waals surface area contributed by atoms with Gasteiger partial charge in [0, 0.05) is 25.3 Å². The Bertz CT molecular complexity index is 666. The van der Waals surface area contributed by atoms with Crippen LogP contribution in [0.1, 0.15) is 20.7 Å². The van der Waals surface area contributed by atoms with E-state index in [0.717, 1.165) is 5.69 Å². The first-order valence-corrected chi connectivity index (χ1v) is 6.40. The minimum Gasteiger partial charge on any atom is -0.478 e. The van der Waals surface area contributed by atoms with Gasteiger partial charge in [-0.1, -0.05) is 18.2 Å². The maximum Gasteiger partial charge on any atom is 0.337 e. The fraction of sp³-hybridized carbons (Fsp3) is 0.125. The van der Waals surface area contributed by atoms with Gasteiger partial charge in [0.1, 0.15) is 0 Å². The first kappa shape index (κ1) is 14.6. The lowest BCUT2D eigenvalue weighted by molar-refractivity contribution is 0.0698. The van der Waals surface area contributed by atoms with Crippen LogP contribution in [0.5, 0.6) is 0 Å². The molecule has 0 aliphatic carbocycles. The largest absolute Gasteiger partial charge is 0.478 e. The van der Waals surface area contributed by atoms with Crippen LogP contribution in [0.15, 0.2) is 48.5 Å². The molecule has 2 rings (SSSR count). The third-order valence-electron chi connectivity index (χ3n) is 3.03. The van der Waals surface area contributed by atoms with Crippen molar-refractivity contribution in [3.05, 3.63) is 59.7 Å². The van der Waals surface area contributed by atoms with E-state index in [1.165, 1.54) is 6.07 Å². The summed E-state index contributed by atoms with van der Waals surface area (Å²) in [6.07, 6.45) is 0. The minimum absolute atomic E-state index is 0.0606. The second-order valence-electron chi connectivity index (χ2n) is 4.75. The fourth-order valence-electron chi connectivity index (χ4n) is 1.88. The van der Waals surface area contributed by atoms with Gasteiger partial charge in [0.15, 0.2) is 0 Å². The van der Waals surface area contributed by atoms with E-state index in [9.17, 15) is 14.7 Å². The topological polar surface area (TPSA) is 69.6 Å². The number of rotatable bonds is 4. The number of hydrogen-bond donors (Lipinski definition) is 2. The summed E-state index contributed by atoms with van der Waals surface area (Å²) in [6, 6.07) is 13.5. The number of nitrogens with zero attached hydrogens (tertiary/aromatic N) is 1. The Morgan fingerprint density at radius 3 is 2.29 bits per heavy atom. The molecule has 0 aliphatic rings. The van der Waals surface area contributed by atoms with Crippen molar-refractivity contribution < 1.29 is 14.7 Å². The highest BCUT2D eigenvalue weighted by molar-refractivity contribution is 6.08. The molecule has 0 heterocycles. The second kappa shape index (κ2) is 6.09. The molecule has 0 aliphatic heterocycles. The van der Waals surface area contributed by atoms with Crippen LogP contribution in [0, 0.1) is 0 Å². The van der Waals surface area contributed by atoms with Crippen LogP contribution in [0.3, 0.4) is 0 Å². The summed E-state index contributed by atoms with van der Waals surface area (Å²) in [7, 11) is 3.65. The summed E-state index contributed by atoms with van der Waals surface area (Å²) < 4.78 is 0. The van der Waals surface area contributed by atoms with Crippen molar-refractivity contribution in [3.8, 4) is 0 Å². The van der Waals surface area contributed by atoms with Crippen LogP contribution in [-0.2, 0) is 0 Å². The van der Waals surface area contributed by atoms with E-state index < -0.39 is 5.97 Å². The van der Waals surface area contributed by atoms with Crippen molar-refractivity contribution in [2.75, 3.05) is 24.3 Å². The lowest BCUT2D eigenvalue weighted by Gasteiger charge is -2.15. The predicted molar refractivity (Wildman–Crippen MR) is 82.1 cm³/mol. The van der Waals surface area contributed by atoms with Crippen molar-refractivity contribution in [2.24, 2.45) is 0 Å². The van der Waals surface area contributed by atoms with Crippen LogP contribution in [0.25, 0.3) is 0 Å². The summed E-state index contributed by atoms with van der Waals surface area (Å²) in [6.45, 7) is 0. The zero-order valence-corrected chi connectivity index (χ0v) is 11.8. The van der Waals surface area contributed by atoms with Crippen LogP contribution in [-0.4, -0.2) is 31.1 Å². The van der Waals surface area contributed by atoms with E-state index in [4.69, 9.17) is 0 Å². The van der Waals surface area contributed by atoms with Crippen molar-refractivity contribution in [2.45, 2.75) is 0 Å². The highest BCUT2D eigenvalue weighted by Gasteiger charge is 2.14. The molecule has 2 N–H and O–H groups in total. The lowest BCUT2D eigenvalue weighted by atomic mass is 10.1. The molecule has 0 saturated carbocycles. The van der Waals surface area contributed by atoms with Crippen LogP contribution in [0.4, 0.5) is 11.4 Å². The average Bonchev–Trinajstić information content (AvgIpc) is 2.48. The lowest BCUT2D eigenvalue weighted by Crippen LogP contribution is -2.16. The Labute approximate surface area is 122 Å². The van der Waals surface area contributed by atoms with Crippen molar-refractivity contribution in [3.63, 3.8) is 0 Å². The smallest absolute Gasteiger partial charge is 0.337 e. The fourth-order valence-corrected chi connectivity index (χ4v) is 1.88. The Morgan fingerprint density at radius 2 is 1.71 bits per heavy atom. The third kappa shape index (κ3) is 3.39. The van der Waals surface area contributed by atoms with Gasteiger partial charge >= 0.3 is 5.97 Å². The van der Waals surface area contributed by atoms with E-state index in [1.54, 1.807) is 41.3 Å². The van der Waals surface area contributed by atoms with Gasteiger partial charge in [-0.2, -0.15) is 0 Å². The van der Waals surface area contributed by atoms with Crippen LogP contribution < -0.4 is 10.2 Å². The van der Waals surface area contributed by atoms with Crippen molar-refractivity contribution in [1.29, 1.82) is 0 Å². The molecule has 5 heteroatoms. The van der Waals surface area contributed by atoms with E-state index in [0.29, 0.717) is 5.56 Å². The summed E-state index contributed by atoms with van der Waals surface area (Å²) >= 11 is 0. The molecular formula is C16H16N2O3. The minimum atomic E-state index is -1.08. The molecule has 1 amide bonds. The van der Waals surface area contributed by atoms with Gasteiger partial charge in [0.2, 0.25) is 0 Å². The predicted octanol–water partition coefficient (Wildman–Crippen LogP) is 2.70. The zero-order chi connectivity index (χ0) is 15.4. The molecule has 0 atom stereocenters. The first-order valence-electron chi connectivity index (χ1n) is 6.40. The van der Waals surface area contributed by atoms with E-state index in [1.807, 2.05) is 20.2 Å². The standard InChI is InChI=1S/C16H16N2O3/c1-18(2)12-8-9-14(13(10-12)16(20)21)17-15(19)11-6-4-3-5-7-11/h3-10H,1-2H3,(H,17,19)(H,20,21). The SMILES string of the molecule is CN(C)c1ccc(NC(=O)c2ccccc2)c(C(=O)O)c1. The zero-order valence-electron chi connectivity index (χ0n) is 11.8. The summed E-state index contributed by atoms with van der Waals surface area (Å²) in [5, 5.41) is 11.9. The normalized spacial score (nSPS) is 10.0. The molecule has 2 aromatic rings. The molecule has 5 nitrogen and oxygen atoms in total. The molecule has 0 aromatic heterocycles. The number of aromatic carboxylic acids is 1. The summed E-state index contributed by atoms with van der Waals surface area (Å²) in [4.78, 5) is 25.2. The number of carboxylic acids is 1. The van der Waals surface area contributed by atoms with Crippen molar-refractivity contribution in [1.82, 2.24) is 0 Å². The number of carbonyl (C=O) groups is 2. The molecule has 0 fully saturated rings. The quantitative estimate of drug-likeness (QED) is 0.905. The van der Waals surface area contributed by atoms with E-state index in [-0.39, 0.29) is 17.2 Å².